The van der Waals surface area contributed by atoms with E-state index in [-0.39, 0.29) is 17.1 Å². The van der Waals surface area contributed by atoms with E-state index in [2.05, 4.69) is 16.5 Å². The van der Waals surface area contributed by atoms with Crippen molar-refractivity contribution in [3.63, 3.8) is 0 Å². The van der Waals surface area contributed by atoms with Gasteiger partial charge in [0.15, 0.2) is 11.5 Å². The van der Waals surface area contributed by atoms with Crippen LogP contribution in [0.3, 0.4) is 0 Å². The van der Waals surface area contributed by atoms with E-state index in [1.165, 1.54) is 12.3 Å². The highest BCUT2D eigenvalue weighted by Gasteiger charge is 2.24. The molecule has 0 saturated heterocycles. The number of benzene rings is 1. The first-order valence-electron chi connectivity index (χ1n) is 7.25. The molecule has 0 radical (unpaired) electrons. The van der Waals surface area contributed by atoms with E-state index < -0.39 is 5.91 Å². The second-order valence-corrected chi connectivity index (χ2v) is 5.50. The van der Waals surface area contributed by atoms with Gasteiger partial charge in [0.1, 0.15) is 11.6 Å². The minimum Gasteiger partial charge on any atom is -0.508 e. The third-order valence-corrected chi connectivity index (χ3v) is 4.02. The maximum absolute atomic E-state index is 11.9. The fourth-order valence-corrected chi connectivity index (χ4v) is 2.85. The molecule has 0 fully saturated rings. The van der Waals surface area contributed by atoms with Gasteiger partial charge in [0.05, 0.1) is 16.6 Å². The number of nitrogens with two attached hydrogens (primary N) is 2. The smallest absolute Gasteiger partial charge is 0.253 e. The van der Waals surface area contributed by atoms with Gasteiger partial charge < -0.3 is 16.6 Å². The van der Waals surface area contributed by atoms with Crippen molar-refractivity contribution in [3.8, 4) is 11.4 Å². The Hall–Kier alpha value is -3.35. The number of nitrogen functional groups attached to an aromatic ring is 1. The van der Waals surface area contributed by atoms with E-state index in [4.69, 9.17) is 11.5 Å². The van der Waals surface area contributed by atoms with Gasteiger partial charge in [0, 0.05) is 11.8 Å². The molecule has 2 aromatic heterocycles. The molecule has 0 unspecified atom stereocenters. The lowest BCUT2D eigenvalue weighted by molar-refractivity contribution is 0.100. The maximum Gasteiger partial charge on any atom is 0.253 e. The highest BCUT2D eigenvalue weighted by molar-refractivity contribution is 6.10. The minimum atomic E-state index is -0.665. The van der Waals surface area contributed by atoms with Crippen LogP contribution in [0.4, 0.5) is 5.82 Å². The summed E-state index contributed by atoms with van der Waals surface area (Å²) in [6, 6.07) is 3.37. The number of amides is 1. The number of rotatable bonds is 3. The number of fused-ring (bicyclic) bond motifs is 1. The SMILES string of the molecule is C=Cc1ncc2c(C(N)=O)c(N)n(-c3c(C)ccc(O)c3C)c2n1. The van der Waals surface area contributed by atoms with Crippen molar-refractivity contribution in [3.05, 3.63) is 47.4 Å². The molecule has 24 heavy (non-hydrogen) atoms. The number of hydrogen-bond donors (Lipinski definition) is 3. The lowest BCUT2D eigenvalue weighted by atomic mass is 10.1. The number of aryl methyl sites for hydroxylation is 1. The van der Waals surface area contributed by atoms with Gasteiger partial charge in [0.25, 0.3) is 5.91 Å². The van der Waals surface area contributed by atoms with Crippen LogP contribution < -0.4 is 11.5 Å². The average Bonchev–Trinajstić information content (AvgIpc) is 2.83. The molecule has 0 aliphatic heterocycles. The number of phenols is 1. The Morgan fingerprint density at radius 1 is 1.38 bits per heavy atom. The standard InChI is InChI=1S/C17H17N5O2/c1-4-12-20-7-10-13(16(19)24)15(18)22(17(10)21-12)14-8(2)5-6-11(23)9(14)3/h4-7,23H,1,18H2,2-3H3,(H2,19,24). The molecule has 7 heteroatoms. The van der Waals surface area contributed by atoms with Gasteiger partial charge in [-0.2, -0.15) is 0 Å². The quantitative estimate of drug-likeness (QED) is 0.681. The summed E-state index contributed by atoms with van der Waals surface area (Å²) in [5.41, 5.74) is 14.4. The lowest BCUT2D eigenvalue weighted by Gasteiger charge is -2.15. The number of hydrogen-bond acceptors (Lipinski definition) is 5. The molecular weight excluding hydrogens is 306 g/mol. The summed E-state index contributed by atoms with van der Waals surface area (Å²) >= 11 is 0. The predicted molar refractivity (Wildman–Crippen MR) is 93.0 cm³/mol. The first-order valence-corrected chi connectivity index (χ1v) is 7.25. The highest BCUT2D eigenvalue weighted by Crippen LogP contribution is 2.35. The van der Waals surface area contributed by atoms with E-state index in [9.17, 15) is 9.90 Å². The Morgan fingerprint density at radius 3 is 2.71 bits per heavy atom. The summed E-state index contributed by atoms with van der Waals surface area (Å²) in [5, 5.41) is 10.5. The second kappa shape index (κ2) is 5.38. The van der Waals surface area contributed by atoms with E-state index in [0.29, 0.717) is 28.1 Å². The molecule has 122 valence electrons. The molecule has 7 nitrogen and oxygen atoms in total. The van der Waals surface area contributed by atoms with Crippen LogP contribution in [-0.2, 0) is 0 Å². The fraction of sp³-hybridized carbons (Fsp3) is 0.118. The monoisotopic (exact) mass is 323 g/mol. The van der Waals surface area contributed by atoms with Gasteiger partial charge in [-0.1, -0.05) is 12.6 Å². The molecule has 2 heterocycles. The number of phenolic OH excluding ortho intramolecular Hbond substituents is 1. The van der Waals surface area contributed by atoms with Crippen molar-refractivity contribution in [2.45, 2.75) is 13.8 Å². The molecule has 0 bridgehead atoms. The van der Waals surface area contributed by atoms with Crippen molar-refractivity contribution in [2.75, 3.05) is 5.73 Å². The van der Waals surface area contributed by atoms with Crippen LogP contribution in [0, 0.1) is 13.8 Å². The summed E-state index contributed by atoms with van der Waals surface area (Å²) in [5.74, 6) is 0.00896. The van der Waals surface area contributed by atoms with Gasteiger partial charge in [-0.25, -0.2) is 9.97 Å². The second-order valence-electron chi connectivity index (χ2n) is 5.50. The molecule has 3 rings (SSSR count). The first kappa shape index (κ1) is 15.5. The molecule has 3 aromatic rings. The van der Waals surface area contributed by atoms with E-state index in [0.717, 1.165) is 5.56 Å². The number of nitrogens with zero attached hydrogens (tertiary/aromatic N) is 3. The van der Waals surface area contributed by atoms with Crippen LogP contribution in [0.25, 0.3) is 22.8 Å². The molecule has 0 aliphatic carbocycles. The van der Waals surface area contributed by atoms with Crippen molar-refractivity contribution in [2.24, 2.45) is 5.73 Å². The number of aromatic nitrogens is 3. The van der Waals surface area contributed by atoms with Crippen LogP contribution in [0.15, 0.2) is 24.9 Å². The van der Waals surface area contributed by atoms with E-state index in [1.807, 2.05) is 6.92 Å². The Balaban J connectivity index is 2.53. The van der Waals surface area contributed by atoms with Crippen LogP contribution >= 0.6 is 0 Å². The van der Waals surface area contributed by atoms with Gasteiger partial charge in [-0.3, -0.25) is 9.36 Å². The number of carbonyl (C=O) groups is 1. The number of anilines is 1. The lowest BCUT2D eigenvalue weighted by Crippen LogP contribution is -2.14. The predicted octanol–water partition coefficient (Wildman–Crippen LogP) is 2.07. The Kier molecular flexibility index (Phi) is 3.48. The number of carbonyl (C=O) groups excluding carboxylic acids is 1. The molecule has 5 N–H and O–H groups in total. The molecule has 0 atom stereocenters. The van der Waals surface area contributed by atoms with E-state index >= 15 is 0 Å². The van der Waals surface area contributed by atoms with Crippen molar-refractivity contribution < 1.29 is 9.90 Å². The number of aromatic hydroxyl groups is 1. The average molecular weight is 323 g/mol. The highest BCUT2D eigenvalue weighted by atomic mass is 16.3. The third-order valence-electron chi connectivity index (χ3n) is 4.02. The van der Waals surface area contributed by atoms with E-state index in [1.54, 1.807) is 23.6 Å². The Bertz CT molecular complexity index is 1000. The summed E-state index contributed by atoms with van der Waals surface area (Å²) in [6.07, 6.45) is 3.00. The van der Waals surface area contributed by atoms with Crippen LogP contribution in [0.5, 0.6) is 5.75 Å². The van der Waals surface area contributed by atoms with Crippen molar-refractivity contribution in [1.82, 2.24) is 14.5 Å². The van der Waals surface area contributed by atoms with Crippen LogP contribution in [-0.4, -0.2) is 25.5 Å². The summed E-state index contributed by atoms with van der Waals surface area (Å²) in [6.45, 7) is 7.30. The largest absolute Gasteiger partial charge is 0.508 e. The third kappa shape index (κ3) is 2.10. The minimum absolute atomic E-state index is 0.121. The zero-order valence-electron chi connectivity index (χ0n) is 13.4. The van der Waals surface area contributed by atoms with Gasteiger partial charge in [-0.15, -0.1) is 0 Å². The molecule has 1 amide bonds. The van der Waals surface area contributed by atoms with Crippen molar-refractivity contribution >= 4 is 28.8 Å². The molecule has 0 aliphatic rings. The zero-order chi connectivity index (χ0) is 17.6. The molecule has 0 spiro atoms. The molecule has 0 saturated carbocycles. The van der Waals surface area contributed by atoms with Gasteiger partial charge in [0.2, 0.25) is 0 Å². The van der Waals surface area contributed by atoms with Gasteiger partial charge >= 0.3 is 0 Å². The molecule has 1 aromatic carbocycles. The van der Waals surface area contributed by atoms with Crippen molar-refractivity contribution in [1.29, 1.82) is 0 Å². The first-order chi connectivity index (χ1) is 11.4. The van der Waals surface area contributed by atoms with Gasteiger partial charge in [-0.05, 0) is 31.6 Å². The number of primary amides is 1. The topological polar surface area (TPSA) is 120 Å². The zero-order valence-corrected chi connectivity index (χ0v) is 13.4. The molecular formula is C17H17N5O2. The van der Waals surface area contributed by atoms with Crippen LogP contribution in [0.2, 0.25) is 0 Å². The summed E-state index contributed by atoms with van der Waals surface area (Å²) in [7, 11) is 0. The maximum atomic E-state index is 11.9. The summed E-state index contributed by atoms with van der Waals surface area (Å²) < 4.78 is 1.62. The summed E-state index contributed by atoms with van der Waals surface area (Å²) in [4.78, 5) is 20.4. The Morgan fingerprint density at radius 2 is 2.08 bits per heavy atom. The fourth-order valence-electron chi connectivity index (χ4n) is 2.85. The van der Waals surface area contributed by atoms with Crippen LogP contribution in [0.1, 0.15) is 27.3 Å². The Labute approximate surface area is 138 Å². The normalized spacial score (nSPS) is 10.9.